The van der Waals surface area contributed by atoms with Gasteiger partial charge < -0.3 is 5.32 Å². The summed E-state index contributed by atoms with van der Waals surface area (Å²) in [6, 6.07) is 6.53. The van der Waals surface area contributed by atoms with Crippen molar-refractivity contribution in [3.63, 3.8) is 0 Å². The standard InChI is InChI=1S/C12H12BrClN4O2S/c1-18(2)21(19,20)10-6-4-3-5-9(10)16-11-8(14)7-15-12(13)17-11/h3-7H,1-2H3,(H,15,16,17). The summed E-state index contributed by atoms with van der Waals surface area (Å²) >= 11 is 9.15. The summed E-state index contributed by atoms with van der Waals surface area (Å²) in [6.07, 6.45) is 1.42. The Labute approximate surface area is 136 Å². The molecule has 0 aliphatic rings. The minimum absolute atomic E-state index is 0.140. The van der Waals surface area contributed by atoms with E-state index >= 15 is 0 Å². The average molecular weight is 392 g/mol. The highest BCUT2D eigenvalue weighted by Crippen LogP contribution is 2.29. The minimum atomic E-state index is -3.58. The number of halogens is 2. The number of benzene rings is 1. The molecule has 1 aromatic carbocycles. The molecule has 0 bridgehead atoms. The van der Waals surface area contributed by atoms with Crippen LogP contribution < -0.4 is 5.32 Å². The number of sulfonamides is 1. The molecular weight excluding hydrogens is 380 g/mol. The molecule has 0 saturated carbocycles. The predicted octanol–water partition coefficient (Wildman–Crippen LogP) is 2.89. The minimum Gasteiger partial charge on any atom is -0.338 e. The zero-order valence-electron chi connectivity index (χ0n) is 11.2. The van der Waals surface area contributed by atoms with Crippen molar-refractivity contribution in [3.05, 3.63) is 40.2 Å². The van der Waals surface area contributed by atoms with Gasteiger partial charge in [-0.2, -0.15) is 0 Å². The molecule has 21 heavy (non-hydrogen) atoms. The molecule has 0 amide bonds. The van der Waals surface area contributed by atoms with E-state index in [1.165, 1.54) is 26.4 Å². The summed E-state index contributed by atoms with van der Waals surface area (Å²) < 4.78 is 26.1. The lowest BCUT2D eigenvalue weighted by Crippen LogP contribution is -2.23. The van der Waals surface area contributed by atoms with Gasteiger partial charge in [-0.1, -0.05) is 23.7 Å². The third kappa shape index (κ3) is 3.52. The Balaban J connectivity index is 2.49. The normalized spacial score (nSPS) is 11.7. The van der Waals surface area contributed by atoms with Gasteiger partial charge >= 0.3 is 0 Å². The van der Waals surface area contributed by atoms with Crippen molar-refractivity contribution >= 4 is 49.1 Å². The van der Waals surface area contributed by atoms with Gasteiger partial charge in [-0.05, 0) is 28.1 Å². The number of rotatable bonds is 4. The monoisotopic (exact) mass is 390 g/mol. The smallest absolute Gasteiger partial charge is 0.244 e. The molecule has 1 aromatic heterocycles. The van der Waals surface area contributed by atoms with Crippen molar-refractivity contribution in [1.82, 2.24) is 14.3 Å². The van der Waals surface area contributed by atoms with Crippen LogP contribution in [0, 0.1) is 0 Å². The van der Waals surface area contributed by atoms with E-state index in [2.05, 4.69) is 31.2 Å². The van der Waals surface area contributed by atoms with Crippen LogP contribution in [-0.2, 0) is 10.0 Å². The van der Waals surface area contributed by atoms with Gasteiger partial charge in [0.25, 0.3) is 0 Å². The molecule has 1 N–H and O–H groups in total. The summed E-state index contributed by atoms with van der Waals surface area (Å²) in [5.74, 6) is 0.319. The van der Waals surface area contributed by atoms with E-state index < -0.39 is 10.0 Å². The molecule has 0 aliphatic carbocycles. The highest BCUT2D eigenvalue weighted by Gasteiger charge is 2.21. The maximum Gasteiger partial charge on any atom is 0.244 e. The predicted molar refractivity (Wildman–Crippen MR) is 85.3 cm³/mol. The molecule has 9 heteroatoms. The van der Waals surface area contributed by atoms with Crippen LogP contribution in [0.5, 0.6) is 0 Å². The Kier molecular flexibility index (Phi) is 4.82. The second-order valence-electron chi connectivity index (χ2n) is 4.24. The fourth-order valence-electron chi connectivity index (χ4n) is 1.55. The molecule has 0 unspecified atom stereocenters. The summed E-state index contributed by atoms with van der Waals surface area (Å²) in [7, 11) is -0.633. The lowest BCUT2D eigenvalue weighted by atomic mass is 10.3. The van der Waals surface area contributed by atoms with Crippen LogP contribution in [-0.4, -0.2) is 36.8 Å². The van der Waals surface area contributed by atoms with Crippen LogP contribution in [0.25, 0.3) is 0 Å². The van der Waals surface area contributed by atoms with Gasteiger partial charge in [-0.15, -0.1) is 0 Å². The largest absolute Gasteiger partial charge is 0.338 e. The summed E-state index contributed by atoms with van der Waals surface area (Å²) in [6.45, 7) is 0. The van der Waals surface area contributed by atoms with Gasteiger partial charge in [0.15, 0.2) is 10.6 Å². The maximum absolute atomic E-state index is 12.3. The Bertz CT molecular complexity index is 768. The summed E-state index contributed by atoms with van der Waals surface area (Å²) in [4.78, 5) is 8.12. The highest BCUT2D eigenvalue weighted by molar-refractivity contribution is 9.10. The van der Waals surface area contributed by atoms with Gasteiger partial charge in [0, 0.05) is 14.1 Å². The fourth-order valence-corrected chi connectivity index (χ4v) is 3.01. The van der Waals surface area contributed by atoms with Crippen LogP contribution in [0.4, 0.5) is 11.5 Å². The second-order valence-corrected chi connectivity index (χ2v) is 7.48. The first-order valence-electron chi connectivity index (χ1n) is 5.79. The maximum atomic E-state index is 12.3. The van der Waals surface area contributed by atoms with Crippen LogP contribution in [0.1, 0.15) is 0 Å². The quantitative estimate of drug-likeness (QED) is 0.811. The third-order valence-corrected chi connectivity index (χ3v) is 5.15. The molecule has 0 fully saturated rings. The first-order chi connectivity index (χ1) is 9.82. The van der Waals surface area contributed by atoms with Gasteiger partial charge in [-0.3, -0.25) is 0 Å². The van der Waals surface area contributed by atoms with E-state index in [4.69, 9.17) is 11.6 Å². The first-order valence-corrected chi connectivity index (χ1v) is 8.40. The van der Waals surface area contributed by atoms with E-state index in [1.807, 2.05) is 0 Å². The number of nitrogens with one attached hydrogen (secondary N) is 1. The fraction of sp³-hybridized carbons (Fsp3) is 0.167. The van der Waals surface area contributed by atoms with Crippen LogP contribution in [0.15, 0.2) is 40.1 Å². The zero-order chi connectivity index (χ0) is 15.6. The SMILES string of the molecule is CN(C)S(=O)(=O)c1ccccc1Nc1nc(Br)ncc1Cl. The van der Waals surface area contributed by atoms with Crippen molar-refractivity contribution in [1.29, 1.82) is 0 Å². The molecule has 0 aliphatic heterocycles. The Hall–Kier alpha value is -1.22. The van der Waals surface area contributed by atoms with Crippen molar-refractivity contribution < 1.29 is 8.42 Å². The number of hydrogen-bond acceptors (Lipinski definition) is 5. The number of nitrogens with zero attached hydrogens (tertiary/aromatic N) is 3. The van der Waals surface area contributed by atoms with E-state index in [-0.39, 0.29) is 9.92 Å². The molecule has 112 valence electrons. The highest BCUT2D eigenvalue weighted by atomic mass is 79.9. The lowest BCUT2D eigenvalue weighted by molar-refractivity contribution is 0.521. The molecule has 1 heterocycles. The first kappa shape index (κ1) is 16.2. The molecule has 6 nitrogen and oxygen atoms in total. The summed E-state index contributed by atoms with van der Waals surface area (Å²) in [5.41, 5.74) is 0.388. The van der Waals surface area contributed by atoms with Crippen LogP contribution in [0.3, 0.4) is 0 Å². The number of hydrogen-bond donors (Lipinski definition) is 1. The Morgan fingerprint density at radius 3 is 2.62 bits per heavy atom. The molecule has 0 saturated heterocycles. The van der Waals surface area contributed by atoms with E-state index in [1.54, 1.807) is 18.2 Å². The molecule has 0 radical (unpaired) electrons. The molecular formula is C12H12BrClN4O2S. The number of anilines is 2. The van der Waals surface area contributed by atoms with Crippen molar-refractivity contribution in [2.45, 2.75) is 4.90 Å². The van der Waals surface area contributed by atoms with Gasteiger partial charge in [0.05, 0.1) is 11.9 Å². The average Bonchev–Trinajstić information content (AvgIpc) is 2.43. The van der Waals surface area contributed by atoms with Gasteiger partial charge in [0.1, 0.15) is 9.92 Å². The zero-order valence-corrected chi connectivity index (χ0v) is 14.4. The molecule has 0 spiro atoms. The second kappa shape index (κ2) is 6.27. The van der Waals surface area contributed by atoms with Crippen molar-refractivity contribution in [2.75, 3.05) is 19.4 Å². The Morgan fingerprint density at radius 1 is 1.29 bits per heavy atom. The van der Waals surface area contributed by atoms with Crippen LogP contribution in [0.2, 0.25) is 5.02 Å². The lowest BCUT2D eigenvalue weighted by Gasteiger charge is -2.16. The molecule has 2 aromatic rings. The topological polar surface area (TPSA) is 75.2 Å². The number of para-hydroxylation sites is 1. The van der Waals surface area contributed by atoms with E-state index in [9.17, 15) is 8.42 Å². The molecule has 2 rings (SSSR count). The van der Waals surface area contributed by atoms with E-state index in [0.717, 1.165) is 4.31 Å². The van der Waals surface area contributed by atoms with Crippen LogP contribution >= 0.6 is 27.5 Å². The summed E-state index contributed by atoms with van der Waals surface area (Å²) in [5, 5.41) is 3.21. The van der Waals surface area contributed by atoms with Crippen molar-refractivity contribution in [3.8, 4) is 0 Å². The van der Waals surface area contributed by atoms with Crippen molar-refractivity contribution in [2.24, 2.45) is 0 Å². The van der Waals surface area contributed by atoms with E-state index in [0.29, 0.717) is 16.2 Å². The Morgan fingerprint density at radius 2 is 1.95 bits per heavy atom. The molecule has 0 atom stereocenters. The number of aromatic nitrogens is 2. The van der Waals surface area contributed by atoms with Gasteiger partial charge in [0.2, 0.25) is 10.0 Å². The van der Waals surface area contributed by atoms with Gasteiger partial charge in [-0.25, -0.2) is 22.7 Å². The third-order valence-electron chi connectivity index (χ3n) is 2.61.